The summed E-state index contributed by atoms with van der Waals surface area (Å²) in [5, 5.41) is 19.3. The average molecular weight is 389 g/mol. The van der Waals surface area contributed by atoms with Crippen LogP contribution in [0.15, 0.2) is 48.5 Å². The molecule has 7 nitrogen and oxygen atoms in total. The molecule has 2 aromatic carbocycles. The van der Waals surface area contributed by atoms with E-state index in [0.717, 1.165) is 17.7 Å². The highest BCUT2D eigenvalue weighted by Crippen LogP contribution is 2.39. The van der Waals surface area contributed by atoms with E-state index >= 15 is 0 Å². The number of nitro groups is 1. The van der Waals surface area contributed by atoms with Gasteiger partial charge in [0.25, 0.3) is 5.69 Å². The maximum atomic E-state index is 13.2. The summed E-state index contributed by atoms with van der Waals surface area (Å²) in [7, 11) is 0. The van der Waals surface area contributed by atoms with E-state index in [4.69, 9.17) is 0 Å². The van der Waals surface area contributed by atoms with Gasteiger partial charge in [-0.15, -0.1) is 10.2 Å². The lowest BCUT2D eigenvalue weighted by Gasteiger charge is -2.30. The number of aromatic nitrogens is 3. The second-order valence-electron chi connectivity index (χ2n) is 6.34. The smallest absolute Gasteiger partial charge is 0.362 e. The van der Waals surface area contributed by atoms with E-state index in [0.29, 0.717) is 24.7 Å². The third-order valence-electron chi connectivity index (χ3n) is 4.63. The standard InChI is InChI=1S/C18H14F3N5O2/c19-18(20,21)14-10-13(6-7-15(14)26(27)28)24-8-9-25-16(11-24)22-23-17(25)12-4-2-1-3-5-12/h1-7,10H,8-9,11H2. The Hall–Kier alpha value is -3.43. The third-order valence-corrected chi connectivity index (χ3v) is 4.63. The quantitative estimate of drug-likeness (QED) is 0.502. The number of alkyl halides is 3. The van der Waals surface area contributed by atoms with Crippen molar-refractivity contribution in [2.45, 2.75) is 19.3 Å². The van der Waals surface area contributed by atoms with E-state index in [1.165, 1.54) is 6.07 Å². The van der Waals surface area contributed by atoms with Gasteiger partial charge in [-0.2, -0.15) is 13.2 Å². The summed E-state index contributed by atoms with van der Waals surface area (Å²) in [5.41, 5.74) is -1.05. The second-order valence-corrected chi connectivity index (χ2v) is 6.34. The number of rotatable bonds is 3. The van der Waals surface area contributed by atoms with Gasteiger partial charge in [0, 0.05) is 30.4 Å². The topological polar surface area (TPSA) is 77.1 Å². The zero-order valence-corrected chi connectivity index (χ0v) is 14.4. The number of fused-ring (bicyclic) bond motifs is 1. The van der Waals surface area contributed by atoms with Crippen LogP contribution in [-0.2, 0) is 19.3 Å². The highest BCUT2D eigenvalue weighted by atomic mass is 19.4. The maximum absolute atomic E-state index is 13.2. The number of benzene rings is 2. The second kappa shape index (κ2) is 6.63. The number of hydrogen-bond donors (Lipinski definition) is 0. The van der Waals surface area contributed by atoms with Crippen LogP contribution < -0.4 is 4.90 Å². The fourth-order valence-electron chi connectivity index (χ4n) is 3.29. The molecule has 0 spiro atoms. The first-order chi connectivity index (χ1) is 13.3. The SMILES string of the molecule is O=[N+]([O-])c1ccc(N2CCn3c(nnc3-c3ccccc3)C2)cc1C(F)(F)F. The Morgan fingerprint density at radius 1 is 1.04 bits per heavy atom. The van der Waals surface area contributed by atoms with Crippen molar-refractivity contribution in [2.75, 3.05) is 11.4 Å². The fourth-order valence-corrected chi connectivity index (χ4v) is 3.29. The number of halogens is 3. The van der Waals surface area contributed by atoms with Crippen molar-refractivity contribution in [1.29, 1.82) is 0 Å². The van der Waals surface area contributed by atoms with E-state index in [2.05, 4.69) is 10.2 Å². The van der Waals surface area contributed by atoms with Gasteiger partial charge in [-0.25, -0.2) is 0 Å². The van der Waals surface area contributed by atoms with Gasteiger partial charge in [0.05, 0.1) is 11.5 Å². The van der Waals surface area contributed by atoms with Crippen LogP contribution in [0.2, 0.25) is 0 Å². The van der Waals surface area contributed by atoms with Crippen LogP contribution in [0.25, 0.3) is 11.4 Å². The number of hydrogen-bond acceptors (Lipinski definition) is 5. The van der Waals surface area contributed by atoms with Crippen LogP contribution in [0.1, 0.15) is 11.4 Å². The first-order valence-electron chi connectivity index (χ1n) is 8.42. The van der Waals surface area contributed by atoms with Crippen LogP contribution in [0.3, 0.4) is 0 Å². The van der Waals surface area contributed by atoms with Crippen LogP contribution in [0.4, 0.5) is 24.5 Å². The number of nitro benzene ring substituents is 1. The van der Waals surface area contributed by atoms with E-state index in [-0.39, 0.29) is 12.2 Å². The normalized spacial score (nSPS) is 14.0. The molecule has 10 heteroatoms. The monoisotopic (exact) mass is 389 g/mol. The lowest BCUT2D eigenvalue weighted by Crippen LogP contribution is -2.34. The molecule has 3 aromatic rings. The van der Waals surface area contributed by atoms with Gasteiger partial charge in [0.15, 0.2) is 11.6 Å². The minimum atomic E-state index is -4.81. The Morgan fingerprint density at radius 2 is 1.79 bits per heavy atom. The predicted molar refractivity (Wildman–Crippen MR) is 94.6 cm³/mol. The first-order valence-corrected chi connectivity index (χ1v) is 8.42. The van der Waals surface area contributed by atoms with Crippen molar-refractivity contribution in [3.05, 3.63) is 70.0 Å². The summed E-state index contributed by atoms with van der Waals surface area (Å²) in [6.45, 7) is 1.18. The number of anilines is 1. The van der Waals surface area contributed by atoms with Crippen LogP contribution >= 0.6 is 0 Å². The molecule has 0 aliphatic carbocycles. The molecule has 0 bridgehead atoms. The van der Waals surface area contributed by atoms with Crippen molar-refractivity contribution in [3.63, 3.8) is 0 Å². The lowest BCUT2D eigenvalue weighted by atomic mass is 10.1. The minimum Gasteiger partial charge on any atom is -0.362 e. The van der Waals surface area contributed by atoms with Gasteiger partial charge in [0.2, 0.25) is 0 Å². The molecule has 1 aliphatic heterocycles. The Balaban J connectivity index is 1.65. The molecule has 0 saturated carbocycles. The van der Waals surface area contributed by atoms with Gasteiger partial charge in [0.1, 0.15) is 5.56 Å². The van der Waals surface area contributed by atoms with Gasteiger partial charge >= 0.3 is 6.18 Å². The summed E-state index contributed by atoms with van der Waals surface area (Å²) in [4.78, 5) is 11.6. The molecule has 28 heavy (non-hydrogen) atoms. The lowest BCUT2D eigenvalue weighted by molar-refractivity contribution is -0.388. The molecule has 0 atom stereocenters. The van der Waals surface area contributed by atoms with E-state index in [1.54, 1.807) is 4.90 Å². The Morgan fingerprint density at radius 3 is 2.46 bits per heavy atom. The van der Waals surface area contributed by atoms with Gasteiger partial charge in [-0.3, -0.25) is 10.1 Å². The van der Waals surface area contributed by atoms with Gasteiger partial charge < -0.3 is 9.47 Å². The van der Waals surface area contributed by atoms with Gasteiger partial charge in [-0.1, -0.05) is 30.3 Å². The summed E-state index contributed by atoms with van der Waals surface area (Å²) >= 11 is 0. The highest BCUT2D eigenvalue weighted by Gasteiger charge is 2.39. The molecule has 0 unspecified atom stereocenters. The van der Waals surface area contributed by atoms with Crippen molar-refractivity contribution >= 4 is 11.4 Å². The van der Waals surface area contributed by atoms with E-state index in [1.807, 2.05) is 34.9 Å². The average Bonchev–Trinajstić information content (AvgIpc) is 3.10. The molecule has 4 rings (SSSR count). The minimum absolute atomic E-state index is 0.258. The molecule has 0 N–H and O–H groups in total. The molecule has 0 amide bonds. The predicted octanol–water partition coefficient (Wildman–Crippen LogP) is 3.89. The first kappa shape index (κ1) is 18.0. The van der Waals surface area contributed by atoms with Crippen LogP contribution in [0.5, 0.6) is 0 Å². The summed E-state index contributed by atoms with van der Waals surface area (Å²) < 4.78 is 41.6. The summed E-state index contributed by atoms with van der Waals surface area (Å²) in [5.74, 6) is 1.33. The Kier molecular flexibility index (Phi) is 4.25. The molecular weight excluding hydrogens is 375 g/mol. The molecule has 1 aliphatic rings. The third kappa shape index (κ3) is 3.17. The Bertz CT molecular complexity index is 1030. The van der Waals surface area contributed by atoms with Crippen LogP contribution in [-0.4, -0.2) is 26.2 Å². The molecular formula is C18H14F3N5O2. The summed E-state index contributed by atoms with van der Waals surface area (Å²) in [6.07, 6.45) is -4.81. The van der Waals surface area contributed by atoms with Crippen LogP contribution in [0, 0.1) is 10.1 Å². The highest BCUT2D eigenvalue weighted by molar-refractivity contribution is 5.58. The zero-order valence-electron chi connectivity index (χ0n) is 14.4. The van der Waals surface area contributed by atoms with E-state index < -0.39 is 22.4 Å². The fraction of sp³-hybridized carbons (Fsp3) is 0.222. The number of nitrogens with zero attached hydrogens (tertiary/aromatic N) is 5. The largest absolute Gasteiger partial charge is 0.423 e. The molecule has 1 aromatic heterocycles. The van der Waals surface area contributed by atoms with Crippen molar-refractivity contribution in [1.82, 2.24) is 14.8 Å². The van der Waals surface area contributed by atoms with Gasteiger partial charge in [-0.05, 0) is 12.1 Å². The molecule has 2 heterocycles. The molecule has 144 valence electrons. The maximum Gasteiger partial charge on any atom is 0.423 e. The summed E-state index contributed by atoms with van der Waals surface area (Å²) in [6, 6.07) is 12.5. The van der Waals surface area contributed by atoms with Crippen molar-refractivity contribution in [3.8, 4) is 11.4 Å². The molecule has 0 fully saturated rings. The molecule has 0 radical (unpaired) electrons. The van der Waals surface area contributed by atoms with Crippen molar-refractivity contribution in [2.24, 2.45) is 0 Å². The Labute approximate surface area is 157 Å². The van der Waals surface area contributed by atoms with Crippen molar-refractivity contribution < 1.29 is 18.1 Å². The van der Waals surface area contributed by atoms with E-state index in [9.17, 15) is 23.3 Å². The molecule has 0 saturated heterocycles. The zero-order chi connectivity index (χ0) is 19.9.